The summed E-state index contributed by atoms with van der Waals surface area (Å²) in [6.45, 7) is 2.74. The number of carbonyl (C=O) groups excluding carboxylic acids is 1. The maximum atomic E-state index is 12.9. The SMILES string of the molecule is CC(Cn1cc(Cl)cn1)NCC(=O)c1cc(-c2ccccc2)nc2ncnn12. The largest absolute Gasteiger partial charge is 0.305 e. The fraction of sp³-hybridized carbons (Fsp3) is 0.211. The summed E-state index contributed by atoms with van der Waals surface area (Å²) in [6, 6.07) is 11.5. The molecule has 0 spiro atoms. The lowest BCUT2D eigenvalue weighted by Crippen LogP contribution is -2.35. The highest BCUT2D eigenvalue weighted by molar-refractivity contribution is 6.30. The summed E-state index contributed by atoms with van der Waals surface area (Å²) in [6.07, 6.45) is 4.73. The second-order valence-electron chi connectivity index (χ2n) is 6.45. The Balaban J connectivity index is 1.52. The van der Waals surface area contributed by atoms with E-state index in [4.69, 9.17) is 11.6 Å². The molecule has 0 saturated carbocycles. The van der Waals surface area contributed by atoms with Gasteiger partial charge < -0.3 is 5.32 Å². The summed E-state index contributed by atoms with van der Waals surface area (Å²) in [7, 11) is 0. The fourth-order valence-electron chi connectivity index (χ4n) is 2.91. The van der Waals surface area contributed by atoms with Crippen LogP contribution < -0.4 is 5.32 Å². The minimum Gasteiger partial charge on any atom is -0.305 e. The lowest BCUT2D eigenvalue weighted by molar-refractivity contribution is 0.0979. The number of benzene rings is 1. The van der Waals surface area contributed by atoms with Crippen LogP contribution in [0.2, 0.25) is 5.02 Å². The van der Waals surface area contributed by atoms with Gasteiger partial charge in [-0.2, -0.15) is 19.7 Å². The number of hydrogen-bond donors (Lipinski definition) is 1. The van der Waals surface area contributed by atoms with Crippen molar-refractivity contribution in [1.29, 1.82) is 0 Å². The summed E-state index contributed by atoms with van der Waals surface area (Å²) in [4.78, 5) is 21.5. The second kappa shape index (κ2) is 7.87. The molecule has 0 aliphatic rings. The quantitative estimate of drug-likeness (QED) is 0.483. The fourth-order valence-corrected chi connectivity index (χ4v) is 3.06. The third kappa shape index (κ3) is 3.92. The topological polar surface area (TPSA) is 90.0 Å². The third-order valence-corrected chi connectivity index (χ3v) is 4.48. The van der Waals surface area contributed by atoms with Crippen molar-refractivity contribution in [3.63, 3.8) is 0 Å². The first-order chi connectivity index (χ1) is 13.6. The van der Waals surface area contributed by atoms with E-state index in [2.05, 4.69) is 25.5 Å². The molecule has 0 saturated heterocycles. The Morgan fingerprint density at radius 3 is 2.82 bits per heavy atom. The number of fused-ring (bicyclic) bond motifs is 1. The number of Topliss-reactive ketones (excluding diaryl/α,β-unsaturated/α-hetero) is 1. The maximum Gasteiger partial charge on any atom is 0.253 e. The zero-order chi connectivity index (χ0) is 19.5. The van der Waals surface area contributed by atoms with Gasteiger partial charge in [0.2, 0.25) is 0 Å². The van der Waals surface area contributed by atoms with Crippen LogP contribution in [0.4, 0.5) is 0 Å². The van der Waals surface area contributed by atoms with E-state index in [1.165, 1.54) is 10.8 Å². The van der Waals surface area contributed by atoms with Gasteiger partial charge in [-0.05, 0) is 13.0 Å². The lowest BCUT2D eigenvalue weighted by Gasteiger charge is -2.14. The molecular formula is C19H18ClN7O. The van der Waals surface area contributed by atoms with E-state index in [1.54, 1.807) is 23.1 Å². The first-order valence-corrected chi connectivity index (χ1v) is 9.18. The van der Waals surface area contributed by atoms with E-state index in [0.717, 1.165) is 5.56 Å². The van der Waals surface area contributed by atoms with Crippen LogP contribution >= 0.6 is 11.6 Å². The Hall–Kier alpha value is -3.10. The van der Waals surface area contributed by atoms with Crippen molar-refractivity contribution < 1.29 is 4.79 Å². The maximum absolute atomic E-state index is 12.9. The highest BCUT2D eigenvalue weighted by Crippen LogP contribution is 2.19. The predicted octanol–water partition coefficient (Wildman–Crippen LogP) is 2.50. The van der Waals surface area contributed by atoms with Crippen molar-refractivity contribution >= 4 is 23.2 Å². The van der Waals surface area contributed by atoms with E-state index >= 15 is 0 Å². The molecule has 142 valence electrons. The highest BCUT2D eigenvalue weighted by atomic mass is 35.5. The Kier molecular flexibility index (Phi) is 5.14. The number of carbonyl (C=O) groups is 1. The van der Waals surface area contributed by atoms with Gasteiger partial charge in [0, 0.05) is 17.8 Å². The summed E-state index contributed by atoms with van der Waals surface area (Å²) in [5.74, 6) is 0.296. The van der Waals surface area contributed by atoms with Gasteiger partial charge in [0.15, 0.2) is 5.78 Å². The van der Waals surface area contributed by atoms with E-state index in [9.17, 15) is 4.79 Å². The number of ketones is 1. The molecule has 0 aliphatic heterocycles. The van der Waals surface area contributed by atoms with E-state index in [0.29, 0.717) is 28.7 Å². The van der Waals surface area contributed by atoms with Crippen LogP contribution in [0.25, 0.3) is 17.0 Å². The monoisotopic (exact) mass is 395 g/mol. The molecule has 4 aromatic rings. The number of aromatic nitrogens is 6. The van der Waals surface area contributed by atoms with Crippen LogP contribution in [0.15, 0.2) is 55.1 Å². The van der Waals surface area contributed by atoms with Gasteiger partial charge in [-0.15, -0.1) is 0 Å². The van der Waals surface area contributed by atoms with Crippen LogP contribution in [0.3, 0.4) is 0 Å². The summed E-state index contributed by atoms with van der Waals surface area (Å²) >= 11 is 5.88. The molecule has 4 rings (SSSR count). The molecule has 9 heteroatoms. The van der Waals surface area contributed by atoms with Gasteiger partial charge in [0.1, 0.15) is 12.0 Å². The average Bonchev–Trinajstić information content (AvgIpc) is 3.34. The number of hydrogen-bond acceptors (Lipinski definition) is 6. The van der Waals surface area contributed by atoms with Gasteiger partial charge in [-0.25, -0.2) is 4.98 Å². The van der Waals surface area contributed by atoms with E-state index in [1.807, 2.05) is 37.3 Å². The standard InChI is InChI=1S/C19H18ClN7O/c1-13(10-26-11-15(20)8-23-26)21-9-18(28)17-7-16(14-5-3-2-4-6-14)25-19-22-12-24-27(17)19/h2-8,11-13,21H,9-10H2,1H3. The smallest absolute Gasteiger partial charge is 0.253 e. The molecule has 0 aliphatic carbocycles. The highest BCUT2D eigenvalue weighted by Gasteiger charge is 2.16. The zero-order valence-electron chi connectivity index (χ0n) is 15.2. The van der Waals surface area contributed by atoms with E-state index in [-0.39, 0.29) is 18.4 Å². The molecule has 0 fully saturated rings. The molecule has 1 N–H and O–H groups in total. The number of rotatable bonds is 7. The van der Waals surface area contributed by atoms with Gasteiger partial charge in [0.05, 0.1) is 30.0 Å². The van der Waals surface area contributed by atoms with Crippen molar-refractivity contribution in [2.75, 3.05) is 6.54 Å². The van der Waals surface area contributed by atoms with Gasteiger partial charge in [0.25, 0.3) is 5.78 Å². The predicted molar refractivity (Wildman–Crippen MR) is 105 cm³/mol. The normalized spacial score (nSPS) is 12.4. The molecule has 28 heavy (non-hydrogen) atoms. The van der Waals surface area contributed by atoms with Crippen molar-refractivity contribution in [3.8, 4) is 11.3 Å². The van der Waals surface area contributed by atoms with Crippen molar-refractivity contribution in [2.24, 2.45) is 0 Å². The van der Waals surface area contributed by atoms with Gasteiger partial charge >= 0.3 is 0 Å². The van der Waals surface area contributed by atoms with Crippen LogP contribution in [-0.2, 0) is 6.54 Å². The Bertz CT molecular complexity index is 1110. The molecule has 3 aromatic heterocycles. The Labute approximate surface area is 166 Å². The molecule has 1 atom stereocenters. The summed E-state index contributed by atoms with van der Waals surface area (Å²) < 4.78 is 3.20. The molecule has 1 aromatic carbocycles. The molecule has 0 radical (unpaired) electrons. The minimum atomic E-state index is -0.0968. The van der Waals surface area contributed by atoms with E-state index < -0.39 is 0 Å². The van der Waals surface area contributed by atoms with Gasteiger partial charge in [-0.3, -0.25) is 9.48 Å². The number of nitrogens with one attached hydrogen (secondary N) is 1. The molecular weight excluding hydrogens is 378 g/mol. The Morgan fingerprint density at radius 1 is 1.25 bits per heavy atom. The van der Waals surface area contributed by atoms with Crippen LogP contribution in [0.1, 0.15) is 17.4 Å². The van der Waals surface area contributed by atoms with Crippen LogP contribution in [0.5, 0.6) is 0 Å². The molecule has 0 bridgehead atoms. The second-order valence-corrected chi connectivity index (χ2v) is 6.89. The first-order valence-electron chi connectivity index (χ1n) is 8.81. The molecule has 0 amide bonds. The zero-order valence-corrected chi connectivity index (χ0v) is 15.9. The van der Waals surface area contributed by atoms with Crippen molar-refractivity contribution in [3.05, 3.63) is 65.8 Å². The third-order valence-electron chi connectivity index (χ3n) is 4.28. The number of halogens is 1. The summed E-state index contributed by atoms with van der Waals surface area (Å²) in [5.41, 5.74) is 2.03. The summed E-state index contributed by atoms with van der Waals surface area (Å²) in [5, 5.41) is 12.1. The van der Waals surface area contributed by atoms with Crippen molar-refractivity contribution in [1.82, 2.24) is 34.7 Å². The molecule has 1 unspecified atom stereocenters. The Morgan fingerprint density at radius 2 is 2.07 bits per heavy atom. The van der Waals surface area contributed by atoms with Crippen LogP contribution in [-0.4, -0.2) is 47.7 Å². The number of nitrogens with zero attached hydrogens (tertiary/aromatic N) is 6. The van der Waals surface area contributed by atoms with Crippen LogP contribution in [0, 0.1) is 0 Å². The molecule has 3 heterocycles. The van der Waals surface area contributed by atoms with Crippen molar-refractivity contribution in [2.45, 2.75) is 19.5 Å². The van der Waals surface area contributed by atoms with Gasteiger partial charge in [-0.1, -0.05) is 41.9 Å². The lowest BCUT2D eigenvalue weighted by atomic mass is 10.1. The average molecular weight is 396 g/mol. The molecule has 8 nitrogen and oxygen atoms in total. The first kappa shape index (κ1) is 18.3. The minimum absolute atomic E-state index is 0.0292.